The molecule has 1 N–H and O–H groups in total. The fourth-order valence-corrected chi connectivity index (χ4v) is 3.14. The minimum atomic E-state index is -0.164. The summed E-state index contributed by atoms with van der Waals surface area (Å²) in [6, 6.07) is 21.1. The maximum atomic E-state index is 12.8. The van der Waals surface area contributed by atoms with Crippen molar-refractivity contribution in [1.82, 2.24) is 5.16 Å². The Bertz CT molecular complexity index is 1150. The van der Waals surface area contributed by atoms with Gasteiger partial charge in [0, 0.05) is 36.6 Å². The van der Waals surface area contributed by atoms with Crippen LogP contribution in [0.2, 0.25) is 0 Å². The Morgan fingerprint density at radius 1 is 1.00 bits per heavy atom. The average molecular weight is 371 g/mol. The molecule has 0 radical (unpaired) electrons. The molecule has 28 heavy (non-hydrogen) atoms. The fraction of sp³-hybridized carbons (Fsp3) is 0.130. The first-order valence-electron chi connectivity index (χ1n) is 9.07. The number of anilines is 2. The van der Waals surface area contributed by atoms with Gasteiger partial charge < -0.3 is 14.7 Å². The second kappa shape index (κ2) is 7.19. The quantitative estimate of drug-likeness (QED) is 0.541. The van der Waals surface area contributed by atoms with Crippen LogP contribution in [0.25, 0.3) is 22.2 Å². The molecule has 5 nitrogen and oxygen atoms in total. The number of carbonyl (C=O) groups excluding carboxylic acids is 1. The van der Waals surface area contributed by atoms with E-state index in [0.717, 1.165) is 33.4 Å². The molecule has 0 atom stereocenters. The van der Waals surface area contributed by atoms with Crippen LogP contribution in [0, 0.1) is 6.92 Å². The number of nitrogens with one attached hydrogen (secondary N) is 1. The van der Waals surface area contributed by atoms with Gasteiger partial charge in [0.2, 0.25) is 0 Å². The van der Waals surface area contributed by atoms with Gasteiger partial charge in [-0.05, 0) is 48.9 Å². The van der Waals surface area contributed by atoms with Crippen molar-refractivity contribution in [2.45, 2.75) is 6.92 Å². The van der Waals surface area contributed by atoms with E-state index in [9.17, 15) is 4.79 Å². The number of benzene rings is 3. The zero-order valence-electron chi connectivity index (χ0n) is 16.1. The highest BCUT2D eigenvalue weighted by Crippen LogP contribution is 2.29. The third-order valence-corrected chi connectivity index (χ3v) is 4.75. The number of carbonyl (C=O) groups is 1. The van der Waals surface area contributed by atoms with Gasteiger partial charge in [-0.1, -0.05) is 35.5 Å². The number of hydrogen-bond donors (Lipinski definition) is 1. The molecule has 0 unspecified atom stereocenters. The molecule has 3 aromatic carbocycles. The number of aryl methyl sites for hydroxylation is 1. The lowest BCUT2D eigenvalue weighted by Gasteiger charge is -2.15. The normalized spacial score (nSPS) is 10.8. The Balaban J connectivity index is 1.65. The Kier molecular flexibility index (Phi) is 4.57. The molecule has 0 saturated carbocycles. The van der Waals surface area contributed by atoms with Crippen LogP contribution in [0.3, 0.4) is 0 Å². The Hall–Kier alpha value is -3.60. The molecule has 0 saturated heterocycles. The predicted octanol–water partition coefficient (Wildman–Crippen LogP) is 5.12. The molecule has 1 heterocycles. The van der Waals surface area contributed by atoms with Crippen molar-refractivity contribution in [3.05, 3.63) is 77.9 Å². The summed E-state index contributed by atoms with van der Waals surface area (Å²) < 4.78 is 5.52. The lowest BCUT2D eigenvalue weighted by molar-refractivity contribution is 0.102. The van der Waals surface area contributed by atoms with Gasteiger partial charge in [0.25, 0.3) is 5.91 Å². The molecule has 5 heteroatoms. The van der Waals surface area contributed by atoms with E-state index in [-0.39, 0.29) is 5.91 Å². The van der Waals surface area contributed by atoms with Gasteiger partial charge in [-0.3, -0.25) is 4.79 Å². The zero-order chi connectivity index (χ0) is 19.7. The van der Waals surface area contributed by atoms with E-state index in [2.05, 4.69) is 10.5 Å². The zero-order valence-corrected chi connectivity index (χ0v) is 16.1. The number of nitrogens with zero attached hydrogens (tertiary/aromatic N) is 2. The van der Waals surface area contributed by atoms with E-state index in [0.29, 0.717) is 11.3 Å². The molecular weight excluding hydrogens is 350 g/mol. The number of aromatic nitrogens is 1. The summed E-state index contributed by atoms with van der Waals surface area (Å²) in [5, 5.41) is 7.93. The van der Waals surface area contributed by atoms with E-state index in [1.165, 1.54) is 0 Å². The largest absolute Gasteiger partial charge is 0.378 e. The molecule has 1 amide bonds. The van der Waals surface area contributed by atoms with Crippen molar-refractivity contribution in [3.8, 4) is 11.3 Å². The van der Waals surface area contributed by atoms with Crippen molar-refractivity contribution in [1.29, 1.82) is 0 Å². The highest BCUT2D eigenvalue weighted by atomic mass is 16.5. The summed E-state index contributed by atoms with van der Waals surface area (Å²) in [5.74, 6) is 0.500. The second-order valence-electron chi connectivity index (χ2n) is 6.96. The van der Waals surface area contributed by atoms with Gasteiger partial charge in [0.15, 0.2) is 5.76 Å². The third kappa shape index (κ3) is 3.34. The monoisotopic (exact) mass is 371 g/mol. The van der Waals surface area contributed by atoms with Gasteiger partial charge in [-0.25, -0.2) is 0 Å². The molecule has 0 fully saturated rings. The summed E-state index contributed by atoms with van der Waals surface area (Å²) in [5.41, 5.74) is 5.11. The third-order valence-electron chi connectivity index (χ3n) is 4.75. The van der Waals surface area contributed by atoms with Crippen LogP contribution < -0.4 is 10.2 Å². The molecule has 0 aliphatic carbocycles. The summed E-state index contributed by atoms with van der Waals surface area (Å²) >= 11 is 0. The van der Waals surface area contributed by atoms with E-state index in [1.54, 1.807) is 6.07 Å². The van der Waals surface area contributed by atoms with Gasteiger partial charge in [0.05, 0.1) is 5.39 Å². The maximum absolute atomic E-state index is 12.8. The molecule has 0 aliphatic heterocycles. The van der Waals surface area contributed by atoms with Gasteiger partial charge in [-0.2, -0.15) is 0 Å². The van der Waals surface area contributed by atoms with Crippen molar-refractivity contribution < 1.29 is 9.32 Å². The summed E-state index contributed by atoms with van der Waals surface area (Å²) in [4.78, 5) is 14.9. The van der Waals surface area contributed by atoms with Crippen LogP contribution in [0.15, 0.2) is 71.3 Å². The molecule has 140 valence electrons. The van der Waals surface area contributed by atoms with Crippen LogP contribution in [-0.2, 0) is 0 Å². The lowest BCUT2D eigenvalue weighted by Crippen LogP contribution is -2.14. The van der Waals surface area contributed by atoms with Crippen molar-refractivity contribution in [3.63, 3.8) is 0 Å². The molecule has 0 bridgehead atoms. The molecule has 1 aromatic heterocycles. The summed E-state index contributed by atoms with van der Waals surface area (Å²) in [6.07, 6.45) is 0. The average Bonchev–Trinajstić information content (AvgIpc) is 3.13. The molecular formula is C23H21N3O2. The van der Waals surface area contributed by atoms with Crippen LogP contribution >= 0.6 is 0 Å². The standard InChI is InChI=1S/C23H21N3O2/c1-15-13-18(26(2)3)10-12-20(15)24-23(27)17-9-11-21-19(14-17)22(28-25-21)16-7-5-4-6-8-16/h4-14H,1-3H3,(H,24,27). The molecule has 4 rings (SSSR count). The SMILES string of the molecule is Cc1cc(N(C)C)ccc1NC(=O)c1ccc2noc(-c3ccccc3)c2c1. The van der Waals surface area contributed by atoms with Crippen molar-refractivity contribution >= 4 is 28.2 Å². The van der Waals surface area contributed by atoms with Crippen LogP contribution in [0.1, 0.15) is 15.9 Å². The number of amides is 1. The topological polar surface area (TPSA) is 58.4 Å². The smallest absolute Gasteiger partial charge is 0.255 e. The van der Waals surface area contributed by atoms with Crippen LogP contribution in [0.4, 0.5) is 11.4 Å². The Morgan fingerprint density at radius 2 is 1.79 bits per heavy atom. The minimum Gasteiger partial charge on any atom is -0.378 e. The van der Waals surface area contributed by atoms with E-state index < -0.39 is 0 Å². The molecule has 0 spiro atoms. The molecule has 0 aliphatic rings. The summed E-state index contributed by atoms with van der Waals surface area (Å²) in [6.45, 7) is 1.99. The fourth-order valence-electron chi connectivity index (χ4n) is 3.14. The minimum absolute atomic E-state index is 0.164. The number of fused-ring (bicyclic) bond motifs is 1. The first-order chi connectivity index (χ1) is 13.5. The first kappa shape index (κ1) is 17.8. The predicted molar refractivity (Wildman–Crippen MR) is 113 cm³/mol. The van der Waals surface area contributed by atoms with Crippen molar-refractivity contribution in [2.24, 2.45) is 0 Å². The van der Waals surface area contributed by atoms with Crippen molar-refractivity contribution in [2.75, 3.05) is 24.3 Å². The highest BCUT2D eigenvalue weighted by molar-refractivity contribution is 6.07. The first-order valence-corrected chi connectivity index (χ1v) is 9.07. The van der Waals surface area contributed by atoms with Gasteiger partial charge in [-0.15, -0.1) is 0 Å². The Morgan fingerprint density at radius 3 is 2.50 bits per heavy atom. The number of hydrogen-bond acceptors (Lipinski definition) is 4. The maximum Gasteiger partial charge on any atom is 0.255 e. The summed E-state index contributed by atoms with van der Waals surface area (Å²) in [7, 11) is 3.98. The second-order valence-corrected chi connectivity index (χ2v) is 6.96. The molecule has 4 aromatic rings. The lowest BCUT2D eigenvalue weighted by atomic mass is 10.1. The van der Waals surface area contributed by atoms with E-state index in [4.69, 9.17) is 4.52 Å². The van der Waals surface area contributed by atoms with Crippen LogP contribution in [0.5, 0.6) is 0 Å². The van der Waals surface area contributed by atoms with Gasteiger partial charge in [0.1, 0.15) is 5.52 Å². The van der Waals surface area contributed by atoms with Crippen LogP contribution in [-0.4, -0.2) is 25.2 Å². The van der Waals surface area contributed by atoms with E-state index >= 15 is 0 Å². The Labute approximate surface area is 163 Å². The highest BCUT2D eigenvalue weighted by Gasteiger charge is 2.14. The van der Waals surface area contributed by atoms with Gasteiger partial charge >= 0.3 is 0 Å². The van der Waals surface area contributed by atoms with E-state index in [1.807, 2.05) is 86.6 Å². The number of rotatable bonds is 4.